The quantitative estimate of drug-likeness (QED) is 0.718. The van der Waals surface area contributed by atoms with Gasteiger partial charge in [-0.3, -0.25) is 0 Å². The number of aliphatic hydroxyl groups is 1. The maximum Gasteiger partial charge on any atom is 0.111 e. The van der Waals surface area contributed by atoms with E-state index in [0.29, 0.717) is 6.61 Å². The molecule has 1 aliphatic carbocycles. The van der Waals surface area contributed by atoms with Gasteiger partial charge in [0.2, 0.25) is 0 Å². The van der Waals surface area contributed by atoms with E-state index in [2.05, 4.69) is 12.1 Å². The van der Waals surface area contributed by atoms with Gasteiger partial charge in [-0.2, -0.15) is 0 Å². The highest BCUT2D eigenvalue weighted by atomic mass is 16.6. The molecule has 1 saturated heterocycles. The molecule has 2 heteroatoms. The van der Waals surface area contributed by atoms with Crippen molar-refractivity contribution < 1.29 is 9.84 Å². The van der Waals surface area contributed by atoms with Gasteiger partial charge in [0.25, 0.3) is 0 Å². The molecule has 1 aromatic rings. The average Bonchev–Trinajstić information content (AvgIpc) is 2.95. The molecule has 1 N–H and O–H groups in total. The number of ether oxygens (including phenoxy) is 1. The van der Waals surface area contributed by atoms with Crippen LogP contribution in [0.1, 0.15) is 29.2 Å². The molecular weight excluding hydrogens is 176 g/mol. The van der Waals surface area contributed by atoms with Gasteiger partial charge in [-0.1, -0.05) is 18.2 Å². The van der Waals surface area contributed by atoms with Crippen LogP contribution in [-0.2, 0) is 17.6 Å². The zero-order chi connectivity index (χ0) is 9.54. The fourth-order valence-corrected chi connectivity index (χ4v) is 2.23. The number of aryl methyl sites for hydroxylation is 2. The SMILES string of the molecule is OC(c1ccc2c(c1)CCC2)C1CO1. The van der Waals surface area contributed by atoms with E-state index < -0.39 is 6.10 Å². The van der Waals surface area contributed by atoms with Crippen molar-refractivity contribution in [3.05, 3.63) is 34.9 Å². The third-order valence-corrected chi connectivity index (χ3v) is 3.18. The Balaban J connectivity index is 1.91. The number of benzene rings is 1. The van der Waals surface area contributed by atoms with Crippen LogP contribution in [0.4, 0.5) is 0 Å². The summed E-state index contributed by atoms with van der Waals surface area (Å²) in [6, 6.07) is 6.34. The average molecular weight is 190 g/mol. The number of fused-ring (bicyclic) bond motifs is 1. The molecule has 0 saturated carbocycles. The Labute approximate surface area is 83.5 Å². The Kier molecular flexibility index (Phi) is 1.85. The molecule has 0 amide bonds. The first-order valence-electron chi connectivity index (χ1n) is 5.26. The second kappa shape index (κ2) is 3.07. The van der Waals surface area contributed by atoms with Crippen molar-refractivity contribution in [2.75, 3.05) is 6.61 Å². The van der Waals surface area contributed by atoms with Crippen molar-refractivity contribution in [2.45, 2.75) is 31.5 Å². The molecule has 2 atom stereocenters. The highest BCUT2D eigenvalue weighted by Gasteiger charge is 2.32. The van der Waals surface area contributed by atoms with Crippen LogP contribution in [0.3, 0.4) is 0 Å². The Morgan fingerprint density at radius 1 is 1.29 bits per heavy atom. The third kappa shape index (κ3) is 1.35. The summed E-state index contributed by atoms with van der Waals surface area (Å²) in [6.07, 6.45) is 3.26. The predicted octanol–water partition coefficient (Wildman–Crippen LogP) is 1.61. The van der Waals surface area contributed by atoms with Gasteiger partial charge in [0, 0.05) is 0 Å². The topological polar surface area (TPSA) is 32.8 Å². The molecular formula is C12H14O2. The number of aliphatic hydroxyl groups excluding tert-OH is 1. The summed E-state index contributed by atoms with van der Waals surface area (Å²) in [5, 5.41) is 9.87. The lowest BCUT2D eigenvalue weighted by molar-refractivity contribution is 0.137. The molecule has 3 rings (SSSR count). The standard InChI is InChI=1S/C12H14O2/c13-12(11-7-14-11)10-5-4-8-2-1-3-9(8)6-10/h4-6,11-13H,1-3,7H2. The largest absolute Gasteiger partial charge is 0.386 e. The van der Waals surface area contributed by atoms with Gasteiger partial charge in [0.15, 0.2) is 0 Å². The fourth-order valence-electron chi connectivity index (χ4n) is 2.23. The maximum absolute atomic E-state index is 9.87. The Morgan fingerprint density at radius 2 is 2.07 bits per heavy atom. The summed E-state index contributed by atoms with van der Waals surface area (Å²) in [4.78, 5) is 0. The van der Waals surface area contributed by atoms with Crippen molar-refractivity contribution in [3.8, 4) is 0 Å². The molecule has 0 radical (unpaired) electrons. The van der Waals surface area contributed by atoms with Gasteiger partial charge in [-0.25, -0.2) is 0 Å². The minimum absolute atomic E-state index is 0.0504. The van der Waals surface area contributed by atoms with Crippen molar-refractivity contribution in [1.82, 2.24) is 0 Å². The van der Waals surface area contributed by atoms with Crippen molar-refractivity contribution in [1.29, 1.82) is 0 Å². The summed E-state index contributed by atoms with van der Waals surface area (Å²) in [5.41, 5.74) is 3.90. The third-order valence-electron chi connectivity index (χ3n) is 3.18. The Bertz CT molecular complexity index is 355. The van der Waals surface area contributed by atoms with E-state index in [0.717, 1.165) is 5.56 Å². The monoisotopic (exact) mass is 190 g/mol. The zero-order valence-electron chi connectivity index (χ0n) is 8.07. The van der Waals surface area contributed by atoms with Gasteiger partial charge >= 0.3 is 0 Å². The molecule has 74 valence electrons. The highest BCUT2D eigenvalue weighted by Crippen LogP contribution is 2.30. The van der Waals surface area contributed by atoms with E-state index >= 15 is 0 Å². The molecule has 2 aliphatic rings. The van der Waals surface area contributed by atoms with Crippen molar-refractivity contribution in [2.24, 2.45) is 0 Å². The van der Waals surface area contributed by atoms with Crippen LogP contribution >= 0.6 is 0 Å². The van der Waals surface area contributed by atoms with Gasteiger partial charge < -0.3 is 9.84 Å². The van der Waals surface area contributed by atoms with E-state index in [4.69, 9.17) is 4.74 Å². The van der Waals surface area contributed by atoms with Gasteiger partial charge in [-0.15, -0.1) is 0 Å². The van der Waals surface area contributed by atoms with Crippen LogP contribution in [0.15, 0.2) is 18.2 Å². The summed E-state index contributed by atoms with van der Waals surface area (Å²) in [5.74, 6) is 0. The lowest BCUT2D eigenvalue weighted by atomic mass is 10.0. The first-order chi connectivity index (χ1) is 6.84. The first-order valence-corrected chi connectivity index (χ1v) is 5.26. The van der Waals surface area contributed by atoms with Gasteiger partial charge in [0.1, 0.15) is 12.2 Å². The van der Waals surface area contributed by atoms with E-state index in [1.807, 2.05) is 6.07 Å². The molecule has 2 nitrogen and oxygen atoms in total. The number of rotatable bonds is 2. The van der Waals surface area contributed by atoms with Crippen LogP contribution in [0, 0.1) is 0 Å². The highest BCUT2D eigenvalue weighted by molar-refractivity contribution is 5.36. The second-order valence-corrected chi connectivity index (χ2v) is 4.20. The summed E-state index contributed by atoms with van der Waals surface area (Å²) in [6.45, 7) is 0.707. The van der Waals surface area contributed by atoms with E-state index in [-0.39, 0.29) is 6.10 Å². The fraction of sp³-hybridized carbons (Fsp3) is 0.500. The molecule has 0 aromatic heterocycles. The molecule has 1 aliphatic heterocycles. The lowest BCUT2D eigenvalue weighted by Gasteiger charge is -2.09. The van der Waals surface area contributed by atoms with Crippen LogP contribution in [0.5, 0.6) is 0 Å². The maximum atomic E-state index is 9.87. The van der Waals surface area contributed by atoms with Crippen LogP contribution in [0.25, 0.3) is 0 Å². The van der Waals surface area contributed by atoms with Gasteiger partial charge in [-0.05, 0) is 36.0 Å². The minimum atomic E-state index is -0.416. The normalized spacial score (nSPS) is 25.9. The molecule has 0 bridgehead atoms. The molecule has 2 unspecified atom stereocenters. The number of hydrogen-bond donors (Lipinski definition) is 1. The van der Waals surface area contributed by atoms with Crippen LogP contribution < -0.4 is 0 Å². The van der Waals surface area contributed by atoms with Crippen molar-refractivity contribution in [3.63, 3.8) is 0 Å². The molecule has 1 aromatic carbocycles. The second-order valence-electron chi connectivity index (χ2n) is 4.20. The Morgan fingerprint density at radius 3 is 2.86 bits per heavy atom. The number of hydrogen-bond acceptors (Lipinski definition) is 2. The molecule has 1 fully saturated rings. The predicted molar refractivity (Wildman–Crippen MR) is 53.2 cm³/mol. The molecule has 1 heterocycles. The van der Waals surface area contributed by atoms with Crippen LogP contribution in [0.2, 0.25) is 0 Å². The zero-order valence-corrected chi connectivity index (χ0v) is 8.07. The Hall–Kier alpha value is -0.860. The molecule has 0 spiro atoms. The minimum Gasteiger partial charge on any atom is -0.386 e. The lowest BCUT2D eigenvalue weighted by Crippen LogP contribution is -2.05. The molecule has 14 heavy (non-hydrogen) atoms. The first kappa shape index (κ1) is 8.45. The van der Waals surface area contributed by atoms with Crippen LogP contribution in [-0.4, -0.2) is 17.8 Å². The summed E-state index contributed by atoms with van der Waals surface area (Å²) < 4.78 is 5.09. The summed E-state index contributed by atoms with van der Waals surface area (Å²) in [7, 11) is 0. The van der Waals surface area contributed by atoms with Gasteiger partial charge in [0.05, 0.1) is 6.61 Å². The van der Waals surface area contributed by atoms with E-state index in [9.17, 15) is 5.11 Å². The smallest absolute Gasteiger partial charge is 0.111 e. The summed E-state index contributed by atoms with van der Waals surface area (Å²) >= 11 is 0. The van der Waals surface area contributed by atoms with E-state index in [1.54, 1.807) is 0 Å². The number of epoxide rings is 1. The van der Waals surface area contributed by atoms with E-state index in [1.165, 1.54) is 30.4 Å². The van der Waals surface area contributed by atoms with Crippen molar-refractivity contribution >= 4 is 0 Å².